The molecule has 0 unspecified atom stereocenters. The minimum Gasteiger partial charge on any atom is -0.490 e. The number of halogens is 1. The lowest BCUT2D eigenvalue weighted by Gasteiger charge is -2.42. The largest absolute Gasteiger partial charge is 0.490 e. The summed E-state index contributed by atoms with van der Waals surface area (Å²) in [7, 11) is 0. The molecule has 1 aliphatic rings. The average Bonchev–Trinajstić information content (AvgIpc) is 3.14. The molecule has 1 amide bonds. The molecular formula is C22H24ClN3O3. The number of hydrogen-bond donors (Lipinski definition) is 2. The van der Waals surface area contributed by atoms with E-state index < -0.39 is 11.5 Å². The molecule has 3 aromatic rings. The Morgan fingerprint density at radius 2 is 2.17 bits per heavy atom. The first-order chi connectivity index (χ1) is 14.0. The number of amides is 1. The summed E-state index contributed by atoms with van der Waals surface area (Å²) in [6.45, 7) is 2.83. The molecule has 1 aromatic heterocycles. The molecule has 2 heterocycles. The number of fused-ring (bicyclic) bond motifs is 1. The van der Waals surface area contributed by atoms with Crippen molar-refractivity contribution in [1.82, 2.24) is 9.88 Å². The molecule has 152 valence electrons. The molecule has 29 heavy (non-hydrogen) atoms. The Bertz CT molecular complexity index is 1010. The van der Waals surface area contributed by atoms with Gasteiger partial charge in [0.15, 0.2) is 0 Å². The summed E-state index contributed by atoms with van der Waals surface area (Å²) in [5.74, 6) is 0.230. The van der Waals surface area contributed by atoms with Crippen LogP contribution < -0.4 is 10.5 Å². The van der Waals surface area contributed by atoms with Crippen LogP contribution in [0.25, 0.3) is 10.9 Å². The maximum atomic E-state index is 11.8. The van der Waals surface area contributed by atoms with Crippen molar-refractivity contribution in [2.24, 2.45) is 5.73 Å². The Hall–Kier alpha value is -2.54. The van der Waals surface area contributed by atoms with Gasteiger partial charge in [-0.25, -0.2) is 0 Å². The maximum absolute atomic E-state index is 11.8. The highest BCUT2D eigenvalue weighted by molar-refractivity contribution is 6.30. The Morgan fingerprint density at radius 3 is 3.00 bits per heavy atom. The first-order valence-corrected chi connectivity index (χ1v) is 9.98. The summed E-state index contributed by atoms with van der Waals surface area (Å²) < 4.78 is 12.0. The number of rotatable bonds is 7. The highest BCUT2D eigenvalue weighted by atomic mass is 35.5. The van der Waals surface area contributed by atoms with Crippen molar-refractivity contribution in [2.45, 2.75) is 18.6 Å². The third kappa shape index (κ3) is 4.90. The molecule has 0 bridgehead atoms. The second-order valence-corrected chi connectivity index (χ2v) is 7.97. The maximum Gasteiger partial charge on any atom is 0.220 e. The predicted molar refractivity (Wildman–Crippen MR) is 113 cm³/mol. The van der Waals surface area contributed by atoms with Crippen LogP contribution in [0.5, 0.6) is 5.75 Å². The normalized spacial score (nSPS) is 20.0. The molecule has 1 fully saturated rings. The minimum atomic E-state index is -0.789. The van der Waals surface area contributed by atoms with Gasteiger partial charge in [0.25, 0.3) is 0 Å². The van der Waals surface area contributed by atoms with Crippen molar-refractivity contribution in [2.75, 3.05) is 26.3 Å². The van der Waals surface area contributed by atoms with Gasteiger partial charge >= 0.3 is 0 Å². The van der Waals surface area contributed by atoms with Gasteiger partial charge in [-0.3, -0.25) is 9.69 Å². The summed E-state index contributed by atoms with van der Waals surface area (Å²) in [5.41, 5.74) is 7.06. The smallest absolute Gasteiger partial charge is 0.220 e. The molecule has 3 N–H and O–H groups in total. The zero-order chi connectivity index (χ0) is 20.3. The van der Waals surface area contributed by atoms with E-state index in [1.807, 2.05) is 18.3 Å². The van der Waals surface area contributed by atoms with Crippen molar-refractivity contribution in [1.29, 1.82) is 0 Å². The van der Waals surface area contributed by atoms with E-state index in [0.717, 1.165) is 18.6 Å². The lowest BCUT2D eigenvalue weighted by molar-refractivity contribution is -0.148. The second kappa shape index (κ2) is 8.45. The Labute approximate surface area is 174 Å². The Balaban J connectivity index is 1.48. The van der Waals surface area contributed by atoms with Crippen LogP contribution in [0, 0.1) is 0 Å². The number of H-pyrrole nitrogens is 1. The van der Waals surface area contributed by atoms with Crippen molar-refractivity contribution in [3.05, 3.63) is 65.3 Å². The van der Waals surface area contributed by atoms with Crippen LogP contribution >= 0.6 is 11.6 Å². The standard InChI is InChI=1S/C22H24ClN3O3/c23-18-2-1-3-19(11-18)28-15-22(12-21(24)27)14-26(8-9-29-22)13-16-4-5-17-6-7-25-20(17)10-16/h1-7,10-11,25H,8-9,12-15H2,(H2,24,27)/t22-/m1/s1. The molecule has 2 aromatic carbocycles. The zero-order valence-corrected chi connectivity index (χ0v) is 16.8. The zero-order valence-electron chi connectivity index (χ0n) is 16.1. The Morgan fingerprint density at radius 1 is 1.28 bits per heavy atom. The first-order valence-electron chi connectivity index (χ1n) is 9.60. The number of aromatic nitrogens is 1. The highest BCUT2D eigenvalue weighted by Crippen LogP contribution is 2.26. The van der Waals surface area contributed by atoms with E-state index >= 15 is 0 Å². The van der Waals surface area contributed by atoms with E-state index in [1.165, 1.54) is 10.9 Å². The summed E-state index contributed by atoms with van der Waals surface area (Å²) in [5, 5.41) is 1.78. The van der Waals surface area contributed by atoms with Gasteiger partial charge in [-0.2, -0.15) is 0 Å². The van der Waals surface area contributed by atoms with Gasteiger partial charge in [0.05, 0.1) is 13.0 Å². The number of primary amides is 1. The number of morpholine rings is 1. The average molecular weight is 414 g/mol. The van der Waals surface area contributed by atoms with Gasteiger partial charge in [-0.1, -0.05) is 29.8 Å². The van der Waals surface area contributed by atoms with Crippen LogP contribution in [0.4, 0.5) is 0 Å². The number of nitrogens with zero attached hydrogens (tertiary/aromatic N) is 1. The number of ether oxygens (including phenoxy) is 2. The van der Waals surface area contributed by atoms with Crippen molar-refractivity contribution in [3.8, 4) is 5.75 Å². The van der Waals surface area contributed by atoms with E-state index in [1.54, 1.807) is 12.1 Å². The number of aromatic amines is 1. The molecule has 0 aliphatic carbocycles. The lowest BCUT2D eigenvalue weighted by atomic mass is 9.97. The number of nitrogens with two attached hydrogens (primary N) is 1. The molecule has 0 radical (unpaired) electrons. The van der Waals surface area contributed by atoms with Gasteiger partial charge in [0, 0.05) is 36.4 Å². The fourth-order valence-electron chi connectivity index (χ4n) is 3.84. The van der Waals surface area contributed by atoms with Gasteiger partial charge in [0.2, 0.25) is 5.91 Å². The van der Waals surface area contributed by atoms with E-state index in [9.17, 15) is 4.79 Å². The summed E-state index contributed by atoms with van der Waals surface area (Å²) in [4.78, 5) is 17.3. The number of nitrogens with one attached hydrogen (secondary N) is 1. The van der Waals surface area contributed by atoms with Gasteiger partial charge in [-0.15, -0.1) is 0 Å². The molecule has 1 atom stereocenters. The minimum absolute atomic E-state index is 0.0970. The molecule has 0 spiro atoms. The van der Waals surface area contributed by atoms with Crippen LogP contribution in [0.1, 0.15) is 12.0 Å². The van der Waals surface area contributed by atoms with Gasteiger partial charge in [-0.05, 0) is 41.3 Å². The third-order valence-electron chi connectivity index (χ3n) is 5.15. The fourth-order valence-corrected chi connectivity index (χ4v) is 4.02. The van der Waals surface area contributed by atoms with Crippen LogP contribution in [-0.4, -0.2) is 47.7 Å². The van der Waals surface area contributed by atoms with E-state index in [0.29, 0.717) is 23.9 Å². The Kier molecular flexibility index (Phi) is 5.76. The SMILES string of the molecule is NC(=O)C[C@]1(COc2cccc(Cl)c2)CN(Cc2ccc3cc[nH]c3c2)CCO1. The molecule has 6 nitrogen and oxygen atoms in total. The molecule has 1 saturated heterocycles. The fraction of sp³-hybridized carbons (Fsp3) is 0.318. The van der Waals surface area contributed by atoms with Gasteiger partial charge in [0.1, 0.15) is 18.0 Å². The van der Waals surface area contributed by atoms with E-state index in [-0.39, 0.29) is 13.0 Å². The van der Waals surface area contributed by atoms with Crippen molar-refractivity contribution >= 4 is 28.4 Å². The number of hydrogen-bond acceptors (Lipinski definition) is 4. The monoisotopic (exact) mass is 413 g/mol. The summed E-state index contributed by atoms with van der Waals surface area (Å²) in [6.07, 6.45) is 2.04. The first kappa shape index (κ1) is 19.8. The van der Waals surface area contributed by atoms with Crippen LogP contribution in [0.3, 0.4) is 0 Å². The predicted octanol–water partition coefficient (Wildman–Crippen LogP) is 3.35. The van der Waals surface area contributed by atoms with Crippen LogP contribution in [0.2, 0.25) is 5.02 Å². The van der Waals surface area contributed by atoms with Gasteiger partial charge < -0.3 is 20.2 Å². The molecule has 0 saturated carbocycles. The summed E-state index contributed by atoms with van der Waals surface area (Å²) >= 11 is 6.04. The van der Waals surface area contributed by atoms with Crippen molar-refractivity contribution < 1.29 is 14.3 Å². The third-order valence-corrected chi connectivity index (χ3v) is 5.38. The molecular weight excluding hydrogens is 390 g/mol. The van der Waals surface area contributed by atoms with Crippen LogP contribution in [0.15, 0.2) is 54.7 Å². The number of benzene rings is 2. The molecule has 7 heteroatoms. The molecule has 4 rings (SSSR count). The molecule has 1 aliphatic heterocycles. The summed E-state index contributed by atoms with van der Waals surface area (Å²) in [6, 6.07) is 15.6. The number of carbonyl (C=O) groups is 1. The highest BCUT2D eigenvalue weighted by Gasteiger charge is 2.39. The van der Waals surface area contributed by atoms with Crippen LogP contribution in [-0.2, 0) is 16.1 Å². The lowest BCUT2D eigenvalue weighted by Crippen LogP contribution is -2.56. The van der Waals surface area contributed by atoms with E-state index in [2.05, 4.69) is 34.1 Å². The van der Waals surface area contributed by atoms with E-state index in [4.69, 9.17) is 26.8 Å². The quantitative estimate of drug-likeness (QED) is 0.622. The number of carbonyl (C=O) groups excluding carboxylic acids is 1. The van der Waals surface area contributed by atoms with Crippen molar-refractivity contribution in [3.63, 3.8) is 0 Å². The second-order valence-electron chi connectivity index (χ2n) is 7.53. The topological polar surface area (TPSA) is 80.6 Å².